The highest BCUT2D eigenvalue weighted by Gasteiger charge is 2.19. The number of nitrogens with one attached hydrogen (secondary N) is 1. The lowest BCUT2D eigenvalue weighted by Gasteiger charge is -2.21. The van der Waals surface area contributed by atoms with Crippen molar-refractivity contribution in [1.29, 1.82) is 5.26 Å². The molecule has 0 aromatic rings. The van der Waals surface area contributed by atoms with E-state index < -0.39 is 17.7 Å². The first kappa shape index (κ1) is 13.8. The minimum absolute atomic E-state index is 0.365. The predicted molar refractivity (Wildman–Crippen MR) is 58.2 cm³/mol. The normalized spacial score (nSPS) is 13.1. The van der Waals surface area contributed by atoms with Crippen LogP contribution in [0.5, 0.6) is 0 Å². The maximum atomic E-state index is 11.3. The molecule has 4 heteroatoms. The first-order valence-corrected chi connectivity index (χ1v) is 5.13. The third-order valence-corrected chi connectivity index (χ3v) is 1.55. The molecule has 0 saturated carbocycles. The van der Waals surface area contributed by atoms with Crippen LogP contribution in [-0.2, 0) is 4.74 Å². The van der Waals surface area contributed by atoms with Crippen LogP contribution in [-0.4, -0.2) is 17.7 Å². The molecular formula is C11H20N2O2. The summed E-state index contributed by atoms with van der Waals surface area (Å²) < 4.78 is 5.05. The van der Waals surface area contributed by atoms with Crippen molar-refractivity contribution in [2.45, 2.75) is 52.7 Å². The second-order valence-electron chi connectivity index (χ2n) is 4.96. The van der Waals surface area contributed by atoms with Gasteiger partial charge in [-0.15, -0.1) is 0 Å². The summed E-state index contributed by atoms with van der Waals surface area (Å²) in [6.45, 7) is 9.37. The van der Waals surface area contributed by atoms with Crippen molar-refractivity contribution in [1.82, 2.24) is 5.32 Å². The van der Waals surface area contributed by atoms with Gasteiger partial charge in [0.25, 0.3) is 0 Å². The first-order valence-electron chi connectivity index (χ1n) is 5.13. The van der Waals surface area contributed by atoms with Gasteiger partial charge >= 0.3 is 6.09 Å². The topological polar surface area (TPSA) is 62.1 Å². The number of nitriles is 1. The van der Waals surface area contributed by atoms with Crippen LogP contribution in [0.4, 0.5) is 4.79 Å². The lowest BCUT2D eigenvalue weighted by molar-refractivity contribution is 0.0512. The summed E-state index contributed by atoms with van der Waals surface area (Å²) in [5.74, 6) is 0.365. The van der Waals surface area contributed by atoms with Gasteiger partial charge in [-0.3, -0.25) is 0 Å². The fourth-order valence-electron chi connectivity index (χ4n) is 1.07. The fourth-order valence-corrected chi connectivity index (χ4v) is 1.07. The van der Waals surface area contributed by atoms with Crippen LogP contribution in [0.1, 0.15) is 41.0 Å². The van der Waals surface area contributed by atoms with Gasteiger partial charge in [0.2, 0.25) is 0 Å². The van der Waals surface area contributed by atoms with Gasteiger partial charge in [-0.2, -0.15) is 5.26 Å². The number of ether oxygens (including phenoxy) is 1. The molecule has 0 fully saturated rings. The molecule has 15 heavy (non-hydrogen) atoms. The molecule has 0 aromatic carbocycles. The molecule has 0 unspecified atom stereocenters. The molecule has 1 atom stereocenters. The molecule has 1 N–H and O–H groups in total. The second-order valence-corrected chi connectivity index (χ2v) is 4.96. The summed E-state index contributed by atoms with van der Waals surface area (Å²) in [5.41, 5.74) is -0.526. The summed E-state index contributed by atoms with van der Waals surface area (Å²) in [7, 11) is 0. The molecule has 1 amide bonds. The summed E-state index contributed by atoms with van der Waals surface area (Å²) in [4.78, 5) is 11.3. The van der Waals surface area contributed by atoms with Crippen LogP contribution in [0.2, 0.25) is 0 Å². The Labute approximate surface area is 91.6 Å². The second kappa shape index (κ2) is 5.59. The van der Waals surface area contributed by atoms with Crippen molar-refractivity contribution in [3.8, 4) is 6.07 Å². The minimum atomic E-state index is -0.533. The molecule has 86 valence electrons. The fraction of sp³-hybridized carbons (Fsp3) is 0.818. The first-order chi connectivity index (χ1) is 6.74. The lowest BCUT2D eigenvalue weighted by Crippen LogP contribution is -2.39. The van der Waals surface area contributed by atoms with Crippen molar-refractivity contribution < 1.29 is 9.53 Å². The molecule has 4 nitrogen and oxygen atoms in total. The molecule has 0 spiro atoms. The number of carbonyl (C=O) groups excluding carboxylic acids is 1. The summed E-state index contributed by atoms with van der Waals surface area (Å²) in [5, 5.41) is 11.3. The Kier molecular flexibility index (Phi) is 5.13. The quantitative estimate of drug-likeness (QED) is 0.781. The molecule has 0 rings (SSSR count). The van der Waals surface area contributed by atoms with Gasteiger partial charge in [0.1, 0.15) is 11.6 Å². The predicted octanol–water partition coefficient (Wildman–Crippen LogP) is 2.45. The largest absolute Gasteiger partial charge is 0.444 e. The Hall–Kier alpha value is -1.24. The van der Waals surface area contributed by atoms with Crippen molar-refractivity contribution in [3.05, 3.63) is 0 Å². The molecule has 0 aliphatic rings. The van der Waals surface area contributed by atoms with Gasteiger partial charge in [0.05, 0.1) is 6.07 Å². The highest BCUT2D eigenvalue weighted by atomic mass is 16.6. The van der Waals surface area contributed by atoms with Gasteiger partial charge in [-0.1, -0.05) is 13.8 Å². The summed E-state index contributed by atoms with van der Waals surface area (Å²) >= 11 is 0. The zero-order valence-electron chi connectivity index (χ0n) is 10.1. The van der Waals surface area contributed by atoms with Crippen LogP contribution < -0.4 is 5.32 Å². The minimum Gasteiger partial charge on any atom is -0.444 e. The van der Waals surface area contributed by atoms with E-state index in [4.69, 9.17) is 10.00 Å². The maximum Gasteiger partial charge on any atom is 0.408 e. The zero-order chi connectivity index (χ0) is 12.1. The highest BCUT2D eigenvalue weighted by Crippen LogP contribution is 2.08. The van der Waals surface area contributed by atoms with Crippen LogP contribution in [0.15, 0.2) is 0 Å². The molecular weight excluding hydrogens is 192 g/mol. The van der Waals surface area contributed by atoms with E-state index in [1.165, 1.54) is 0 Å². The van der Waals surface area contributed by atoms with Crippen molar-refractivity contribution >= 4 is 6.09 Å². The molecule has 0 saturated heterocycles. The van der Waals surface area contributed by atoms with E-state index in [2.05, 4.69) is 5.32 Å². The zero-order valence-corrected chi connectivity index (χ0v) is 10.1. The van der Waals surface area contributed by atoms with E-state index in [9.17, 15) is 4.79 Å². The Balaban J connectivity index is 4.10. The van der Waals surface area contributed by atoms with E-state index in [1.54, 1.807) is 20.8 Å². The Morgan fingerprint density at radius 3 is 2.33 bits per heavy atom. The molecule has 0 aliphatic carbocycles. The van der Waals surface area contributed by atoms with Crippen LogP contribution >= 0.6 is 0 Å². The van der Waals surface area contributed by atoms with Crippen LogP contribution in [0.3, 0.4) is 0 Å². The van der Waals surface area contributed by atoms with Crippen LogP contribution in [0, 0.1) is 17.2 Å². The average Bonchev–Trinajstić information content (AvgIpc) is 1.98. The van der Waals surface area contributed by atoms with Gasteiger partial charge in [0.15, 0.2) is 0 Å². The molecule has 0 radical (unpaired) electrons. The van der Waals surface area contributed by atoms with Gasteiger partial charge < -0.3 is 10.1 Å². The van der Waals surface area contributed by atoms with Crippen molar-refractivity contribution in [3.63, 3.8) is 0 Å². The van der Waals surface area contributed by atoms with E-state index in [-0.39, 0.29) is 0 Å². The van der Waals surface area contributed by atoms with E-state index >= 15 is 0 Å². The van der Waals surface area contributed by atoms with Gasteiger partial charge in [-0.05, 0) is 33.1 Å². The number of nitrogens with zero attached hydrogens (tertiary/aromatic N) is 1. The summed E-state index contributed by atoms with van der Waals surface area (Å²) in [6, 6.07) is 1.57. The smallest absolute Gasteiger partial charge is 0.408 e. The number of alkyl carbamates (subject to hydrolysis) is 1. The number of amides is 1. The van der Waals surface area contributed by atoms with E-state index in [1.807, 2.05) is 19.9 Å². The third-order valence-electron chi connectivity index (χ3n) is 1.55. The molecule has 0 heterocycles. The molecule has 0 aliphatic heterocycles. The van der Waals surface area contributed by atoms with E-state index in [0.29, 0.717) is 12.3 Å². The summed E-state index contributed by atoms with van der Waals surface area (Å²) in [6.07, 6.45) is 0.102. The lowest BCUT2D eigenvalue weighted by atomic mass is 10.1. The van der Waals surface area contributed by atoms with Gasteiger partial charge in [-0.25, -0.2) is 4.79 Å². The van der Waals surface area contributed by atoms with Crippen LogP contribution in [0.25, 0.3) is 0 Å². The standard InChI is InChI=1S/C11H20N2O2/c1-8(2)6-9(7-12)13-10(14)15-11(3,4)5/h8-9H,6H2,1-5H3,(H,13,14)/t9-/m0/s1. The van der Waals surface area contributed by atoms with Crippen molar-refractivity contribution in [2.75, 3.05) is 0 Å². The Bertz CT molecular complexity index is 248. The monoisotopic (exact) mass is 212 g/mol. The van der Waals surface area contributed by atoms with Crippen molar-refractivity contribution in [2.24, 2.45) is 5.92 Å². The Morgan fingerprint density at radius 1 is 1.47 bits per heavy atom. The SMILES string of the molecule is CC(C)C[C@@H](C#N)NC(=O)OC(C)(C)C. The Morgan fingerprint density at radius 2 is 2.00 bits per heavy atom. The molecule has 0 bridgehead atoms. The van der Waals surface area contributed by atoms with Gasteiger partial charge in [0, 0.05) is 0 Å². The third kappa shape index (κ3) is 7.80. The van der Waals surface area contributed by atoms with E-state index in [0.717, 1.165) is 0 Å². The average molecular weight is 212 g/mol. The molecule has 0 aromatic heterocycles. The number of carbonyl (C=O) groups is 1. The number of rotatable bonds is 3. The number of hydrogen-bond acceptors (Lipinski definition) is 3. The highest BCUT2D eigenvalue weighted by molar-refractivity contribution is 5.68. The number of hydrogen-bond donors (Lipinski definition) is 1. The maximum absolute atomic E-state index is 11.3.